The van der Waals surface area contributed by atoms with Gasteiger partial charge in [-0.25, -0.2) is 12.8 Å². The molecule has 176 valence electrons. The zero-order chi connectivity index (χ0) is 23.6. The van der Waals surface area contributed by atoms with E-state index in [-0.39, 0.29) is 39.1 Å². The minimum atomic E-state index is -4.03. The third-order valence-corrected chi connectivity index (χ3v) is 7.38. The van der Waals surface area contributed by atoms with Gasteiger partial charge in [-0.2, -0.15) is 0 Å². The van der Waals surface area contributed by atoms with Crippen molar-refractivity contribution in [3.63, 3.8) is 0 Å². The van der Waals surface area contributed by atoms with E-state index in [1.165, 1.54) is 18.2 Å². The van der Waals surface area contributed by atoms with Crippen LogP contribution in [0.4, 0.5) is 10.1 Å². The van der Waals surface area contributed by atoms with Gasteiger partial charge in [0, 0.05) is 38.3 Å². The lowest BCUT2D eigenvalue weighted by atomic mass is 10.1. The Morgan fingerprint density at radius 2 is 1.70 bits per heavy atom. The predicted molar refractivity (Wildman–Crippen MR) is 120 cm³/mol. The molecular formula is C22H23ClFN3O5S. The highest BCUT2D eigenvalue weighted by Gasteiger charge is 2.31. The molecule has 0 spiro atoms. The normalized spacial score (nSPS) is 18.9. The fourth-order valence-corrected chi connectivity index (χ4v) is 5.13. The van der Waals surface area contributed by atoms with E-state index in [2.05, 4.69) is 4.72 Å². The summed E-state index contributed by atoms with van der Waals surface area (Å²) in [7, 11) is -4.03. The molecule has 11 heteroatoms. The van der Waals surface area contributed by atoms with Crippen molar-refractivity contribution in [2.24, 2.45) is 0 Å². The molecule has 4 rings (SSSR count). The number of hydrogen-bond acceptors (Lipinski definition) is 5. The minimum Gasteiger partial charge on any atom is -0.368 e. The summed E-state index contributed by atoms with van der Waals surface area (Å²) in [5, 5.41) is 0.115. The lowest BCUT2D eigenvalue weighted by Crippen LogP contribution is -2.52. The zero-order valence-electron chi connectivity index (χ0n) is 17.7. The summed E-state index contributed by atoms with van der Waals surface area (Å²) in [6.45, 7) is 2.12. The summed E-state index contributed by atoms with van der Waals surface area (Å²) in [4.78, 5) is 28.7. The quantitative estimate of drug-likeness (QED) is 0.688. The van der Waals surface area contributed by atoms with E-state index in [9.17, 15) is 22.4 Å². The molecule has 0 bridgehead atoms. The minimum absolute atomic E-state index is 0.0384. The van der Waals surface area contributed by atoms with Gasteiger partial charge in [-0.1, -0.05) is 11.6 Å². The maximum Gasteiger partial charge on any atom is 0.261 e. The van der Waals surface area contributed by atoms with Crippen LogP contribution in [0.5, 0.6) is 0 Å². The maximum absolute atomic E-state index is 13.1. The first-order valence-electron chi connectivity index (χ1n) is 10.5. The number of carbonyl (C=O) groups is 2. The van der Waals surface area contributed by atoms with Crippen LogP contribution >= 0.6 is 11.6 Å². The lowest BCUT2D eigenvalue weighted by Gasteiger charge is -2.35. The predicted octanol–water partition coefficient (Wildman–Crippen LogP) is 2.74. The monoisotopic (exact) mass is 495 g/mol. The summed E-state index contributed by atoms with van der Waals surface area (Å²) in [6.07, 6.45) is 1.21. The van der Waals surface area contributed by atoms with E-state index in [1.807, 2.05) is 0 Å². The number of hydrogen-bond donors (Lipinski definition) is 1. The molecular weight excluding hydrogens is 473 g/mol. The van der Waals surface area contributed by atoms with E-state index in [0.29, 0.717) is 32.8 Å². The average Bonchev–Trinajstić information content (AvgIpc) is 3.35. The van der Waals surface area contributed by atoms with Crippen LogP contribution in [0.25, 0.3) is 0 Å². The number of anilines is 1. The van der Waals surface area contributed by atoms with Crippen molar-refractivity contribution in [1.29, 1.82) is 0 Å². The molecule has 2 aromatic carbocycles. The number of sulfonamides is 1. The van der Waals surface area contributed by atoms with Crippen LogP contribution in [0.2, 0.25) is 5.02 Å². The smallest absolute Gasteiger partial charge is 0.261 e. The SMILES string of the molecule is O=C(c1ccc(Cl)c(NS(=O)(=O)c2ccc(F)cc2)c1)N1CCN(C(=O)C2CCCO2)CC1. The fourth-order valence-electron chi connectivity index (χ4n) is 3.84. The number of rotatable bonds is 5. The summed E-state index contributed by atoms with van der Waals surface area (Å²) in [5.41, 5.74) is 0.300. The van der Waals surface area contributed by atoms with Crippen LogP contribution in [0, 0.1) is 5.82 Å². The molecule has 8 nitrogen and oxygen atoms in total. The largest absolute Gasteiger partial charge is 0.368 e. The third-order valence-electron chi connectivity index (χ3n) is 5.67. The molecule has 1 atom stereocenters. The van der Waals surface area contributed by atoms with Gasteiger partial charge in [-0.05, 0) is 55.3 Å². The van der Waals surface area contributed by atoms with Gasteiger partial charge in [0.1, 0.15) is 11.9 Å². The molecule has 1 unspecified atom stereocenters. The first-order chi connectivity index (χ1) is 15.7. The molecule has 0 aromatic heterocycles. The second-order valence-electron chi connectivity index (χ2n) is 7.87. The first kappa shape index (κ1) is 23.5. The van der Waals surface area contributed by atoms with Crippen molar-refractivity contribution in [3.05, 3.63) is 58.9 Å². The maximum atomic E-state index is 13.1. The Morgan fingerprint density at radius 1 is 1.03 bits per heavy atom. The molecule has 2 fully saturated rings. The standard InChI is InChI=1S/C22H23ClFN3O5S/c23-18-8-3-15(14-19(18)25-33(30,31)17-6-4-16(24)5-7-17)21(28)26-9-11-27(12-10-26)22(29)20-2-1-13-32-20/h3-8,14,20,25H,1-2,9-13H2. The number of carbonyl (C=O) groups excluding carboxylic acids is 2. The highest BCUT2D eigenvalue weighted by Crippen LogP contribution is 2.27. The van der Waals surface area contributed by atoms with Crippen molar-refractivity contribution in [3.8, 4) is 0 Å². The highest BCUT2D eigenvalue weighted by atomic mass is 35.5. The molecule has 0 aliphatic carbocycles. The topological polar surface area (TPSA) is 96.0 Å². The number of nitrogens with zero attached hydrogens (tertiary/aromatic N) is 2. The van der Waals surface area contributed by atoms with Gasteiger partial charge in [0.25, 0.3) is 21.8 Å². The number of amides is 2. The highest BCUT2D eigenvalue weighted by molar-refractivity contribution is 7.92. The molecule has 2 amide bonds. The Bertz CT molecular complexity index is 1150. The zero-order valence-corrected chi connectivity index (χ0v) is 19.2. The Morgan fingerprint density at radius 3 is 2.33 bits per heavy atom. The van der Waals surface area contributed by atoms with Gasteiger partial charge in [-0.3, -0.25) is 14.3 Å². The molecule has 0 saturated carbocycles. The van der Waals surface area contributed by atoms with E-state index < -0.39 is 15.8 Å². The van der Waals surface area contributed by atoms with Gasteiger partial charge in [0.2, 0.25) is 0 Å². The number of benzene rings is 2. The van der Waals surface area contributed by atoms with Gasteiger partial charge >= 0.3 is 0 Å². The molecule has 2 saturated heterocycles. The summed E-state index contributed by atoms with van der Waals surface area (Å²) < 4.78 is 46.2. The van der Waals surface area contributed by atoms with Crippen molar-refractivity contribution in [1.82, 2.24) is 9.80 Å². The molecule has 2 aliphatic heterocycles. The van der Waals surface area contributed by atoms with E-state index in [1.54, 1.807) is 9.80 Å². The number of halogens is 2. The summed E-state index contributed by atoms with van der Waals surface area (Å²) in [5.74, 6) is -0.890. The lowest BCUT2D eigenvalue weighted by molar-refractivity contribution is -0.142. The van der Waals surface area contributed by atoms with Gasteiger partial charge < -0.3 is 14.5 Å². The Labute approximate surface area is 196 Å². The fraction of sp³-hybridized carbons (Fsp3) is 0.364. The molecule has 0 radical (unpaired) electrons. The molecule has 33 heavy (non-hydrogen) atoms. The Balaban J connectivity index is 1.43. The van der Waals surface area contributed by atoms with E-state index >= 15 is 0 Å². The first-order valence-corrected chi connectivity index (χ1v) is 12.4. The summed E-state index contributed by atoms with van der Waals surface area (Å²) >= 11 is 6.15. The number of nitrogens with one attached hydrogen (secondary N) is 1. The van der Waals surface area contributed by atoms with Crippen molar-refractivity contribution >= 4 is 39.1 Å². The third kappa shape index (κ3) is 5.29. The van der Waals surface area contributed by atoms with Crippen molar-refractivity contribution < 1.29 is 27.1 Å². The van der Waals surface area contributed by atoms with Crippen molar-refractivity contribution in [2.45, 2.75) is 23.8 Å². The van der Waals surface area contributed by atoms with E-state index in [4.69, 9.17) is 16.3 Å². The van der Waals surface area contributed by atoms with Crippen LogP contribution < -0.4 is 4.72 Å². The average molecular weight is 496 g/mol. The summed E-state index contributed by atoms with van der Waals surface area (Å²) in [6, 6.07) is 8.68. The van der Waals surface area contributed by atoms with Gasteiger partial charge in [-0.15, -0.1) is 0 Å². The van der Waals surface area contributed by atoms with Gasteiger partial charge in [0.15, 0.2) is 0 Å². The number of piperazine rings is 1. The van der Waals surface area contributed by atoms with Crippen LogP contribution in [-0.4, -0.2) is 68.9 Å². The molecule has 2 aliphatic rings. The number of ether oxygens (including phenoxy) is 1. The Hall–Kier alpha value is -2.69. The van der Waals surface area contributed by atoms with Gasteiger partial charge in [0.05, 0.1) is 15.6 Å². The van der Waals surface area contributed by atoms with Crippen LogP contribution in [0.15, 0.2) is 47.4 Å². The van der Waals surface area contributed by atoms with Crippen LogP contribution in [0.3, 0.4) is 0 Å². The molecule has 2 aromatic rings. The van der Waals surface area contributed by atoms with Crippen molar-refractivity contribution in [2.75, 3.05) is 37.5 Å². The van der Waals surface area contributed by atoms with Crippen LogP contribution in [-0.2, 0) is 19.6 Å². The second kappa shape index (κ2) is 9.66. The molecule has 2 heterocycles. The Kier molecular flexibility index (Phi) is 6.87. The molecule has 1 N–H and O–H groups in total. The second-order valence-corrected chi connectivity index (χ2v) is 9.96. The van der Waals surface area contributed by atoms with Crippen LogP contribution in [0.1, 0.15) is 23.2 Å². The van der Waals surface area contributed by atoms with E-state index in [0.717, 1.165) is 37.1 Å².